The van der Waals surface area contributed by atoms with Crippen LogP contribution in [0.5, 0.6) is 0 Å². The molecular weight excluding hydrogens is 412 g/mol. The Bertz CT molecular complexity index is 1070. The molecule has 1 aliphatic heterocycles. The summed E-state index contributed by atoms with van der Waals surface area (Å²) in [5, 5.41) is 7.79. The van der Waals surface area contributed by atoms with Crippen molar-refractivity contribution in [3.63, 3.8) is 0 Å². The average Bonchev–Trinajstić information content (AvgIpc) is 3.48. The molecule has 2 fully saturated rings. The number of carbonyl (C=O) groups excluding carboxylic acids is 1. The second-order valence-corrected chi connectivity index (χ2v) is 10.6. The van der Waals surface area contributed by atoms with Crippen molar-refractivity contribution in [2.24, 2.45) is 0 Å². The van der Waals surface area contributed by atoms with Crippen LogP contribution in [0.3, 0.4) is 0 Å². The molecule has 2 aliphatic rings. The van der Waals surface area contributed by atoms with Gasteiger partial charge in [-0.3, -0.25) is 9.69 Å². The van der Waals surface area contributed by atoms with Gasteiger partial charge in [0.1, 0.15) is 5.82 Å². The van der Waals surface area contributed by atoms with Gasteiger partial charge in [0.05, 0.1) is 36.0 Å². The van der Waals surface area contributed by atoms with Crippen LogP contribution in [-0.4, -0.2) is 59.6 Å². The number of benzene rings is 1. The molecule has 31 heavy (non-hydrogen) atoms. The summed E-state index contributed by atoms with van der Waals surface area (Å²) in [7, 11) is -3.06. The number of para-hydroxylation sites is 1. The first-order valence-corrected chi connectivity index (χ1v) is 12.6. The minimum atomic E-state index is -3.06. The van der Waals surface area contributed by atoms with Gasteiger partial charge in [-0.15, -0.1) is 6.42 Å². The first-order valence-electron chi connectivity index (χ1n) is 10.8. The molecule has 1 N–H and O–H groups in total. The van der Waals surface area contributed by atoms with Gasteiger partial charge >= 0.3 is 0 Å². The Morgan fingerprint density at radius 3 is 2.61 bits per heavy atom. The van der Waals surface area contributed by atoms with Gasteiger partial charge in [0.15, 0.2) is 9.84 Å². The van der Waals surface area contributed by atoms with Crippen LogP contribution in [0.15, 0.2) is 36.4 Å². The molecule has 0 bridgehead atoms. The highest BCUT2D eigenvalue weighted by Crippen LogP contribution is 2.35. The lowest BCUT2D eigenvalue weighted by molar-refractivity contribution is -0.117. The zero-order valence-electron chi connectivity index (χ0n) is 17.5. The van der Waals surface area contributed by atoms with Gasteiger partial charge in [0.25, 0.3) is 0 Å². The van der Waals surface area contributed by atoms with E-state index < -0.39 is 9.84 Å². The van der Waals surface area contributed by atoms with Crippen LogP contribution in [-0.2, 0) is 14.6 Å². The largest absolute Gasteiger partial charge is 0.309 e. The minimum absolute atomic E-state index is 0.0448. The monoisotopic (exact) mass is 440 g/mol. The molecule has 7 nitrogen and oxygen atoms in total. The Balaban J connectivity index is 1.53. The summed E-state index contributed by atoms with van der Waals surface area (Å²) in [6.07, 6.45) is 10.6. The van der Waals surface area contributed by atoms with E-state index in [9.17, 15) is 13.2 Å². The summed E-state index contributed by atoms with van der Waals surface area (Å²) >= 11 is 0. The van der Waals surface area contributed by atoms with Gasteiger partial charge in [-0.1, -0.05) is 37.0 Å². The van der Waals surface area contributed by atoms with E-state index >= 15 is 0 Å². The first kappa shape index (κ1) is 21.6. The van der Waals surface area contributed by atoms with Gasteiger partial charge in [-0.2, -0.15) is 5.10 Å². The first-order chi connectivity index (χ1) is 14.9. The molecule has 2 heterocycles. The van der Waals surface area contributed by atoms with Gasteiger partial charge < -0.3 is 5.32 Å². The van der Waals surface area contributed by atoms with Crippen molar-refractivity contribution < 1.29 is 13.2 Å². The van der Waals surface area contributed by atoms with E-state index in [4.69, 9.17) is 11.5 Å². The van der Waals surface area contributed by atoms with Gasteiger partial charge in [0.2, 0.25) is 5.91 Å². The van der Waals surface area contributed by atoms with Crippen LogP contribution in [0.25, 0.3) is 5.69 Å². The zero-order chi connectivity index (χ0) is 21.8. The Morgan fingerprint density at radius 1 is 1.23 bits per heavy atom. The van der Waals surface area contributed by atoms with Crippen LogP contribution in [0.1, 0.15) is 43.7 Å². The Hall–Kier alpha value is -2.63. The van der Waals surface area contributed by atoms with Crippen LogP contribution in [0.2, 0.25) is 0 Å². The summed E-state index contributed by atoms with van der Waals surface area (Å²) in [6.45, 7) is 0.280. The fourth-order valence-corrected chi connectivity index (χ4v) is 6.30. The van der Waals surface area contributed by atoms with Crippen LogP contribution < -0.4 is 5.32 Å². The lowest BCUT2D eigenvalue weighted by Gasteiger charge is -2.25. The summed E-state index contributed by atoms with van der Waals surface area (Å²) in [6, 6.07) is 11.5. The van der Waals surface area contributed by atoms with Gasteiger partial charge in [0, 0.05) is 18.0 Å². The maximum absolute atomic E-state index is 12.9. The smallest absolute Gasteiger partial charge is 0.239 e. The maximum Gasteiger partial charge on any atom is 0.239 e. The molecule has 1 saturated carbocycles. The highest BCUT2D eigenvalue weighted by Gasteiger charge is 2.33. The van der Waals surface area contributed by atoms with Crippen molar-refractivity contribution in [2.45, 2.75) is 44.1 Å². The molecule has 1 atom stereocenters. The third-order valence-electron chi connectivity index (χ3n) is 6.14. The number of nitrogens with one attached hydrogen (secondary N) is 1. The van der Waals surface area contributed by atoms with Crippen molar-refractivity contribution in [1.82, 2.24) is 14.7 Å². The number of sulfone groups is 1. The van der Waals surface area contributed by atoms with Crippen LogP contribution in [0.4, 0.5) is 5.82 Å². The summed E-state index contributed by atoms with van der Waals surface area (Å²) < 4.78 is 25.5. The van der Waals surface area contributed by atoms with E-state index in [2.05, 4.69) is 11.2 Å². The molecule has 1 saturated heterocycles. The number of nitrogens with zero attached hydrogens (tertiary/aromatic N) is 3. The van der Waals surface area contributed by atoms with Crippen molar-refractivity contribution in [1.29, 1.82) is 0 Å². The third kappa shape index (κ3) is 5.17. The molecular formula is C23H28N4O3S. The number of hydrogen-bond acceptors (Lipinski definition) is 5. The number of anilines is 1. The molecule has 1 aromatic heterocycles. The quantitative estimate of drug-likeness (QED) is 0.669. The number of amides is 1. The number of rotatable bonds is 7. The van der Waals surface area contributed by atoms with E-state index in [1.54, 1.807) is 9.58 Å². The average molecular weight is 441 g/mol. The molecule has 0 spiro atoms. The van der Waals surface area contributed by atoms with E-state index in [1.807, 2.05) is 36.4 Å². The number of terminal acetylenes is 1. The van der Waals surface area contributed by atoms with Crippen molar-refractivity contribution in [2.75, 3.05) is 29.9 Å². The predicted molar refractivity (Wildman–Crippen MR) is 121 cm³/mol. The van der Waals surface area contributed by atoms with E-state index in [-0.39, 0.29) is 36.5 Å². The van der Waals surface area contributed by atoms with Gasteiger partial charge in [-0.25, -0.2) is 13.1 Å². The van der Waals surface area contributed by atoms with Crippen LogP contribution >= 0.6 is 0 Å². The lowest BCUT2D eigenvalue weighted by Crippen LogP contribution is -2.42. The minimum Gasteiger partial charge on any atom is -0.309 e. The third-order valence-corrected chi connectivity index (χ3v) is 7.89. The second kappa shape index (κ2) is 9.25. The molecule has 1 amide bonds. The highest BCUT2D eigenvalue weighted by atomic mass is 32.2. The molecule has 1 aliphatic carbocycles. The molecule has 2 aromatic rings. The maximum atomic E-state index is 12.9. The molecule has 0 radical (unpaired) electrons. The normalized spacial score (nSPS) is 20.7. The number of hydrogen-bond donors (Lipinski definition) is 1. The van der Waals surface area contributed by atoms with Crippen molar-refractivity contribution in [3.8, 4) is 18.0 Å². The van der Waals surface area contributed by atoms with Crippen molar-refractivity contribution in [3.05, 3.63) is 42.1 Å². The Labute approximate surface area is 183 Å². The lowest BCUT2D eigenvalue weighted by atomic mass is 10.0. The molecule has 1 aromatic carbocycles. The summed E-state index contributed by atoms with van der Waals surface area (Å²) in [4.78, 5) is 14.7. The molecule has 1 unspecified atom stereocenters. The standard InChI is InChI=1S/C23H28N4O3S/c1-2-13-26(20-12-14-31(29,30)17-20)16-23(28)24-22-15-21(18-8-6-7-9-18)25-27(22)19-10-4-3-5-11-19/h1,3-5,10-11,15,18,20H,6-9,12-14,16-17H2,(H,24,28). The molecule has 4 rings (SSSR count). The predicted octanol–water partition coefficient (Wildman–Crippen LogP) is 2.59. The Kier molecular flexibility index (Phi) is 6.44. The second-order valence-electron chi connectivity index (χ2n) is 8.40. The topological polar surface area (TPSA) is 84.3 Å². The number of aromatic nitrogens is 2. The SMILES string of the molecule is C#CCN(CC(=O)Nc1cc(C2CCCC2)nn1-c1ccccc1)C1CCS(=O)(=O)C1. The molecule has 8 heteroatoms. The Morgan fingerprint density at radius 2 is 1.97 bits per heavy atom. The fourth-order valence-electron chi connectivity index (χ4n) is 4.54. The van der Waals surface area contributed by atoms with E-state index in [0.717, 1.165) is 24.2 Å². The van der Waals surface area contributed by atoms with Crippen LogP contribution in [0, 0.1) is 12.3 Å². The summed E-state index contributed by atoms with van der Waals surface area (Å²) in [5.74, 6) is 3.56. The molecule has 164 valence electrons. The summed E-state index contributed by atoms with van der Waals surface area (Å²) in [5.41, 5.74) is 1.88. The van der Waals surface area contributed by atoms with E-state index in [1.165, 1.54) is 12.8 Å². The van der Waals surface area contributed by atoms with E-state index in [0.29, 0.717) is 18.2 Å². The zero-order valence-corrected chi connectivity index (χ0v) is 18.4. The number of carbonyl (C=O) groups is 1. The highest BCUT2D eigenvalue weighted by molar-refractivity contribution is 7.91. The fraction of sp³-hybridized carbons (Fsp3) is 0.478. The van der Waals surface area contributed by atoms with Crippen molar-refractivity contribution >= 4 is 21.6 Å². The van der Waals surface area contributed by atoms with Gasteiger partial charge in [-0.05, 0) is 31.4 Å².